The first-order valence-electron chi connectivity index (χ1n) is 7.55. The Bertz CT molecular complexity index is 636. The van der Waals surface area contributed by atoms with Crippen LogP contribution in [0.25, 0.3) is 0 Å². The minimum absolute atomic E-state index is 0.112. The molecule has 0 radical (unpaired) electrons. The lowest BCUT2D eigenvalue weighted by Crippen LogP contribution is -2.19. The number of nitrogens with zero attached hydrogens (tertiary/aromatic N) is 1. The van der Waals surface area contributed by atoms with Crippen LogP contribution in [0.1, 0.15) is 30.9 Å². The molecule has 0 bridgehead atoms. The zero-order valence-electron chi connectivity index (χ0n) is 13.7. The van der Waals surface area contributed by atoms with Crippen molar-refractivity contribution in [3.8, 4) is 11.5 Å². The van der Waals surface area contributed by atoms with E-state index in [1.54, 1.807) is 21.1 Å². The van der Waals surface area contributed by atoms with Gasteiger partial charge in [-0.15, -0.1) is 0 Å². The zero-order chi connectivity index (χ0) is 16.8. The Hall–Kier alpha value is -2.37. The number of hydrogen-bond donors (Lipinski definition) is 0. The number of methoxy groups -OCH3 is 2. The van der Waals surface area contributed by atoms with Gasteiger partial charge in [-0.25, -0.2) is 0 Å². The van der Waals surface area contributed by atoms with Gasteiger partial charge >= 0.3 is 5.97 Å². The highest BCUT2D eigenvalue weighted by Crippen LogP contribution is 2.33. The van der Waals surface area contributed by atoms with Gasteiger partial charge in [0.15, 0.2) is 11.5 Å². The standard InChI is InChI=1S/C17H21NO5/c1-4-23-17(20)9-12(19)8-14-13-10-16(22-3)15(21-2)7-11(13)5-6-18-14/h7,10H,4-6,8-9H2,1-3H3. The second kappa shape index (κ2) is 7.76. The van der Waals surface area contributed by atoms with Crippen LogP contribution in [-0.2, 0) is 20.7 Å². The fraction of sp³-hybridized carbons (Fsp3) is 0.471. The monoisotopic (exact) mass is 319 g/mol. The smallest absolute Gasteiger partial charge is 0.313 e. The minimum Gasteiger partial charge on any atom is -0.493 e. The highest BCUT2D eigenvalue weighted by molar-refractivity contribution is 6.15. The molecule has 1 aromatic carbocycles. The number of Topliss-reactive ketones (excluding diaryl/α,β-unsaturated/α-hetero) is 1. The van der Waals surface area contributed by atoms with Crippen LogP contribution >= 0.6 is 0 Å². The summed E-state index contributed by atoms with van der Waals surface area (Å²) in [5.74, 6) is 0.551. The number of esters is 1. The van der Waals surface area contributed by atoms with Gasteiger partial charge in [0.2, 0.25) is 0 Å². The van der Waals surface area contributed by atoms with Gasteiger partial charge in [-0.3, -0.25) is 14.6 Å². The summed E-state index contributed by atoms with van der Waals surface area (Å²) in [6.45, 7) is 2.60. The third kappa shape index (κ3) is 4.09. The maximum Gasteiger partial charge on any atom is 0.313 e. The van der Waals surface area contributed by atoms with E-state index in [9.17, 15) is 9.59 Å². The van der Waals surface area contributed by atoms with E-state index in [1.807, 2.05) is 12.1 Å². The molecular formula is C17H21NO5. The van der Waals surface area contributed by atoms with E-state index in [2.05, 4.69) is 4.99 Å². The molecule has 124 valence electrons. The SMILES string of the molecule is CCOC(=O)CC(=O)CC1=NCCc2cc(OC)c(OC)cc21. The zero-order valence-corrected chi connectivity index (χ0v) is 13.7. The molecule has 0 unspecified atom stereocenters. The second-order valence-corrected chi connectivity index (χ2v) is 5.14. The van der Waals surface area contributed by atoms with Crippen molar-refractivity contribution in [3.63, 3.8) is 0 Å². The lowest BCUT2D eigenvalue weighted by molar-refractivity contribution is -0.145. The Morgan fingerprint density at radius 1 is 1.17 bits per heavy atom. The number of carbonyl (C=O) groups is 2. The summed E-state index contributed by atoms with van der Waals surface area (Å²) in [5, 5.41) is 0. The molecule has 1 aliphatic heterocycles. The topological polar surface area (TPSA) is 74.2 Å². The van der Waals surface area contributed by atoms with Crippen LogP contribution in [-0.4, -0.2) is 44.8 Å². The summed E-state index contributed by atoms with van der Waals surface area (Å²) in [4.78, 5) is 27.9. The molecule has 0 atom stereocenters. The number of benzene rings is 1. The van der Waals surface area contributed by atoms with Crippen molar-refractivity contribution < 1.29 is 23.8 Å². The third-order valence-electron chi connectivity index (χ3n) is 3.62. The Morgan fingerprint density at radius 3 is 2.52 bits per heavy atom. The van der Waals surface area contributed by atoms with Crippen molar-refractivity contribution >= 4 is 17.5 Å². The van der Waals surface area contributed by atoms with E-state index >= 15 is 0 Å². The first-order valence-corrected chi connectivity index (χ1v) is 7.55. The van der Waals surface area contributed by atoms with Crippen molar-refractivity contribution in [2.24, 2.45) is 4.99 Å². The molecule has 6 heteroatoms. The van der Waals surface area contributed by atoms with Crippen LogP contribution in [0.5, 0.6) is 11.5 Å². The summed E-state index contributed by atoms with van der Waals surface area (Å²) in [6, 6.07) is 3.75. The lowest BCUT2D eigenvalue weighted by atomic mass is 9.93. The van der Waals surface area contributed by atoms with E-state index in [4.69, 9.17) is 14.2 Å². The number of carbonyl (C=O) groups excluding carboxylic acids is 2. The van der Waals surface area contributed by atoms with Crippen LogP contribution < -0.4 is 9.47 Å². The molecular weight excluding hydrogens is 298 g/mol. The average molecular weight is 319 g/mol. The number of ether oxygens (including phenoxy) is 3. The van der Waals surface area contributed by atoms with Crippen molar-refractivity contribution in [3.05, 3.63) is 23.3 Å². The highest BCUT2D eigenvalue weighted by atomic mass is 16.5. The number of ketones is 1. The fourth-order valence-corrected chi connectivity index (χ4v) is 2.57. The summed E-state index contributed by atoms with van der Waals surface area (Å²) in [6.07, 6.45) is 0.669. The summed E-state index contributed by atoms with van der Waals surface area (Å²) < 4.78 is 15.4. The van der Waals surface area contributed by atoms with Crippen molar-refractivity contribution in [1.29, 1.82) is 0 Å². The summed E-state index contributed by atoms with van der Waals surface area (Å²) in [5.41, 5.74) is 2.63. The first-order chi connectivity index (χ1) is 11.1. The Morgan fingerprint density at radius 2 is 1.87 bits per heavy atom. The molecule has 0 aromatic heterocycles. The maximum atomic E-state index is 12.0. The average Bonchev–Trinajstić information content (AvgIpc) is 2.53. The lowest BCUT2D eigenvalue weighted by Gasteiger charge is -2.19. The predicted molar refractivity (Wildman–Crippen MR) is 85.5 cm³/mol. The van der Waals surface area contributed by atoms with E-state index in [-0.39, 0.29) is 25.2 Å². The normalized spacial score (nSPS) is 12.9. The predicted octanol–water partition coefficient (Wildman–Crippen LogP) is 1.96. The van der Waals surface area contributed by atoms with Gasteiger partial charge in [-0.1, -0.05) is 0 Å². The molecule has 0 amide bonds. The third-order valence-corrected chi connectivity index (χ3v) is 3.62. The van der Waals surface area contributed by atoms with Gasteiger partial charge in [0.05, 0.1) is 20.8 Å². The van der Waals surface area contributed by atoms with Gasteiger partial charge in [0.25, 0.3) is 0 Å². The number of rotatable bonds is 7. The fourth-order valence-electron chi connectivity index (χ4n) is 2.57. The largest absolute Gasteiger partial charge is 0.493 e. The molecule has 0 saturated carbocycles. The van der Waals surface area contributed by atoms with Crippen LogP contribution in [0.2, 0.25) is 0 Å². The van der Waals surface area contributed by atoms with E-state index in [1.165, 1.54) is 0 Å². The van der Waals surface area contributed by atoms with Gasteiger partial charge in [0.1, 0.15) is 12.2 Å². The summed E-state index contributed by atoms with van der Waals surface area (Å²) in [7, 11) is 3.15. The van der Waals surface area contributed by atoms with Crippen LogP contribution in [0, 0.1) is 0 Å². The van der Waals surface area contributed by atoms with E-state index in [0.29, 0.717) is 23.8 Å². The molecule has 0 saturated heterocycles. The minimum atomic E-state index is -0.499. The molecule has 0 spiro atoms. The Kier molecular flexibility index (Phi) is 5.73. The molecule has 23 heavy (non-hydrogen) atoms. The van der Waals surface area contributed by atoms with E-state index in [0.717, 1.165) is 17.5 Å². The highest BCUT2D eigenvalue weighted by Gasteiger charge is 2.21. The molecule has 1 aliphatic rings. The van der Waals surface area contributed by atoms with Gasteiger partial charge in [-0.2, -0.15) is 0 Å². The molecule has 6 nitrogen and oxygen atoms in total. The molecule has 0 N–H and O–H groups in total. The van der Waals surface area contributed by atoms with Crippen molar-refractivity contribution in [2.75, 3.05) is 27.4 Å². The number of aliphatic imine (C=N–C) groups is 1. The molecule has 0 fully saturated rings. The maximum absolute atomic E-state index is 12.0. The van der Waals surface area contributed by atoms with Gasteiger partial charge in [-0.05, 0) is 31.0 Å². The van der Waals surface area contributed by atoms with Gasteiger partial charge < -0.3 is 14.2 Å². The van der Waals surface area contributed by atoms with Crippen LogP contribution in [0.4, 0.5) is 0 Å². The number of fused-ring (bicyclic) bond motifs is 1. The van der Waals surface area contributed by atoms with Crippen molar-refractivity contribution in [2.45, 2.75) is 26.2 Å². The second-order valence-electron chi connectivity index (χ2n) is 5.14. The molecule has 1 aromatic rings. The molecule has 1 heterocycles. The van der Waals surface area contributed by atoms with Crippen LogP contribution in [0.3, 0.4) is 0 Å². The van der Waals surface area contributed by atoms with Crippen molar-refractivity contribution in [1.82, 2.24) is 0 Å². The van der Waals surface area contributed by atoms with Crippen LogP contribution in [0.15, 0.2) is 17.1 Å². The molecule has 0 aliphatic carbocycles. The van der Waals surface area contributed by atoms with Gasteiger partial charge in [0, 0.05) is 24.2 Å². The Balaban J connectivity index is 2.18. The summed E-state index contributed by atoms with van der Waals surface area (Å²) >= 11 is 0. The first kappa shape index (κ1) is 17.0. The quantitative estimate of drug-likeness (QED) is 0.567. The Labute approximate surface area is 135 Å². The number of hydrogen-bond acceptors (Lipinski definition) is 6. The van der Waals surface area contributed by atoms with E-state index < -0.39 is 5.97 Å². The molecule has 2 rings (SSSR count).